The SMILES string of the molecule is O=C([O-])C1C(C(=O)[O-])[C@H]2CC[C@@H]1O2.[Na+].[Na+]. The molecule has 7 heteroatoms. The predicted molar refractivity (Wildman–Crippen MR) is 34.9 cm³/mol. The van der Waals surface area contributed by atoms with Crippen LogP contribution in [0.2, 0.25) is 0 Å². The van der Waals surface area contributed by atoms with Crippen LogP contribution in [-0.2, 0) is 14.3 Å². The number of carboxylic acid groups (broad SMARTS) is 2. The molecule has 2 aliphatic heterocycles. The Morgan fingerprint density at radius 3 is 1.53 bits per heavy atom. The second-order valence-electron chi connectivity index (χ2n) is 3.48. The molecular formula is C8H8Na2O5. The number of fused-ring (bicyclic) bond motifs is 2. The first-order valence-electron chi connectivity index (χ1n) is 4.18. The van der Waals surface area contributed by atoms with E-state index in [2.05, 4.69) is 0 Å². The number of aliphatic carboxylic acids is 2. The molecule has 0 aromatic heterocycles. The van der Waals surface area contributed by atoms with E-state index in [4.69, 9.17) is 4.74 Å². The normalized spacial score (nSPS) is 36.5. The number of carbonyl (C=O) groups excluding carboxylic acids is 2. The Kier molecular flexibility index (Phi) is 6.36. The second-order valence-corrected chi connectivity index (χ2v) is 3.48. The number of carboxylic acids is 2. The molecule has 0 aliphatic carbocycles. The van der Waals surface area contributed by atoms with Crippen molar-refractivity contribution in [3.05, 3.63) is 0 Å². The van der Waals surface area contributed by atoms with Crippen LogP contribution >= 0.6 is 0 Å². The first-order valence-corrected chi connectivity index (χ1v) is 4.18. The number of hydrogen-bond donors (Lipinski definition) is 0. The van der Waals surface area contributed by atoms with Crippen molar-refractivity contribution < 1.29 is 83.7 Å². The van der Waals surface area contributed by atoms with Gasteiger partial charge in [-0.2, -0.15) is 0 Å². The van der Waals surface area contributed by atoms with Gasteiger partial charge in [0.2, 0.25) is 0 Å². The predicted octanol–water partition coefficient (Wildman–Crippen LogP) is -8.71. The van der Waals surface area contributed by atoms with E-state index in [9.17, 15) is 19.8 Å². The smallest absolute Gasteiger partial charge is 0.550 e. The molecule has 2 fully saturated rings. The van der Waals surface area contributed by atoms with Crippen molar-refractivity contribution in [1.82, 2.24) is 0 Å². The van der Waals surface area contributed by atoms with Crippen molar-refractivity contribution in [2.24, 2.45) is 11.8 Å². The minimum Gasteiger partial charge on any atom is -0.550 e. The molecule has 0 aromatic carbocycles. The van der Waals surface area contributed by atoms with E-state index < -0.39 is 36.0 Å². The zero-order chi connectivity index (χ0) is 9.59. The maximum Gasteiger partial charge on any atom is 1.00 e. The number of hydrogen-bond acceptors (Lipinski definition) is 5. The Morgan fingerprint density at radius 2 is 1.27 bits per heavy atom. The van der Waals surface area contributed by atoms with E-state index in [0.717, 1.165) is 0 Å². The summed E-state index contributed by atoms with van der Waals surface area (Å²) >= 11 is 0. The van der Waals surface area contributed by atoms with Crippen LogP contribution in [0.5, 0.6) is 0 Å². The molecule has 72 valence electrons. The van der Waals surface area contributed by atoms with Gasteiger partial charge in [0.15, 0.2) is 0 Å². The molecule has 0 saturated carbocycles. The first-order chi connectivity index (χ1) is 6.11. The summed E-state index contributed by atoms with van der Waals surface area (Å²) < 4.78 is 5.18. The molecule has 15 heavy (non-hydrogen) atoms. The fraction of sp³-hybridized carbons (Fsp3) is 0.750. The molecule has 0 N–H and O–H groups in total. The van der Waals surface area contributed by atoms with Gasteiger partial charge in [0.25, 0.3) is 0 Å². The Hall–Kier alpha value is 0.900. The van der Waals surface area contributed by atoms with Crippen molar-refractivity contribution in [3.8, 4) is 0 Å². The number of rotatable bonds is 2. The van der Waals surface area contributed by atoms with E-state index in [1.54, 1.807) is 0 Å². The average molecular weight is 230 g/mol. The van der Waals surface area contributed by atoms with Gasteiger partial charge in [-0.25, -0.2) is 0 Å². The fourth-order valence-corrected chi connectivity index (χ4v) is 2.28. The third-order valence-electron chi connectivity index (χ3n) is 2.82. The van der Waals surface area contributed by atoms with Gasteiger partial charge in [-0.05, 0) is 12.8 Å². The molecule has 2 saturated heterocycles. The van der Waals surface area contributed by atoms with E-state index in [1.807, 2.05) is 0 Å². The standard InChI is InChI=1S/C8H10O5.2Na/c9-7(10)5-3-1-2-4(13-3)6(5)8(11)12;;/h3-6H,1-2H2,(H,9,10)(H,11,12);;/q;2*+1/p-2/t3-,4+,5?,6?;;. The molecule has 2 aliphatic rings. The third kappa shape index (κ3) is 2.77. The van der Waals surface area contributed by atoms with E-state index in [-0.39, 0.29) is 59.1 Å². The Morgan fingerprint density at radius 1 is 0.933 bits per heavy atom. The maximum absolute atomic E-state index is 10.6. The van der Waals surface area contributed by atoms with Crippen LogP contribution in [0.25, 0.3) is 0 Å². The van der Waals surface area contributed by atoms with Crippen molar-refractivity contribution in [2.75, 3.05) is 0 Å². The van der Waals surface area contributed by atoms with Crippen molar-refractivity contribution in [2.45, 2.75) is 25.0 Å². The van der Waals surface area contributed by atoms with Crippen LogP contribution < -0.4 is 69.3 Å². The molecular weight excluding hydrogens is 222 g/mol. The van der Waals surface area contributed by atoms with Gasteiger partial charge in [-0.15, -0.1) is 0 Å². The minimum atomic E-state index is -1.35. The molecule has 0 radical (unpaired) electrons. The van der Waals surface area contributed by atoms with E-state index >= 15 is 0 Å². The first kappa shape index (κ1) is 15.9. The van der Waals surface area contributed by atoms with Crippen LogP contribution in [0, 0.1) is 11.8 Å². The Labute approximate surface area is 131 Å². The quantitative estimate of drug-likeness (QED) is 0.439. The van der Waals surface area contributed by atoms with Crippen LogP contribution in [0.3, 0.4) is 0 Å². The van der Waals surface area contributed by atoms with Gasteiger partial charge in [0, 0.05) is 23.8 Å². The van der Waals surface area contributed by atoms with Gasteiger partial charge in [-0.3, -0.25) is 0 Å². The Balaban J connectivity index is 0.000000980. The Bertz CT molecular complexity index is 244. The zero-order valence-corrected chi connectivity index (χ0v) is 12.8. The summed E-state index contributed by atoms with van der Waals surface area (Å²) in [4.78, 5) is 21.2. The summed E-state index contributed by atoms with van der Waals surface area (Å²) in [5, 5.41) is 21.2. The molecule has 5 nitrogen and oxygen atoms in total. The average Bonchev–Trinajstić information content (AvgIpc) is 2.60. The monoisotopic (exact) mass is 230 g/mol. The molecule has 4 atom stereocenters. The van der Waals surface area contributed by atoms with Gasteiger partial charge in [-0.1, -0.05) is 0 Å². The van der Waals surface area contributed by atoms with Crippen LogP contribution in [0.4, 0.5) is 0 Å². The number of carbonyl (C=O) groups is 2. The summed E-state index contributed by atoms with van der Waals surface area (Å²) in [6.07, 6.45) is 0.232. The molecule has 0 amide bonds. The summed E-state index contributed by atoms with van der Waals surface area (Å²) in [5.41, 5.74) is 0. The number of ether oxygens (including phenoxy) is 1. The molecule has 0 spiro atoms. The topological polar surface area (TPSA) is 89.5 Å². The second kappa shape index (κ2) is 6.00. The zero-order valence-electron chi connectivity index (χ0n) is 8.76. The largest absolute Gasteiger partial charge is 1.00 e. The van der Waals surface area contributed by atoms with Gasteiger partial charge in [0.05, 0.1) is 12.2 Å². The van der Waals surface area contributed by atoms with Crippen LogP contribution in [-0.4, -0.2) is 24.1 Å². The summed E-state index contributed by atoms with van der Waals surface area (Å²) in [6, 6.07) is 0. The van der Waals surface area contributed by atoms with Gasteiger partial charge < -0.3 is 24.5 Å². The summed E-state index contributed by atoms with van der Waals surface area (Å²) in [7, 11) is 0. The van der Waals surface area contributed by atoms with E-state index in [1.165, 1.54) is 0 Å². The van der Waals surface area contributed by atoms with Crippen LogP contribution in [0.1, 0.15) is 12.8 Å². The molecule has 2 unspecified atom stereocenters. The minimum absolute atomic E-state index is 0. The van der Waals surface area contributed by atoms with E-state index in [0.29, 0.717) is 12.8 Å². The van der Waals surface area contributed by atoms with Gasteiger partial charge in [0.1, 0.15) is 0 Å². The molecule has 2 rings (SSSR count). The summed E-state index contributed by atoms with van der Waals surface area (Å²) in [5.74, 6) is -4.74. The molecule has 0 aromatic rings. The van der Waals surface area contributed by atoms with Crippen molar-refractivity contribution in [3.63, 3.8) is 0 Å². The van der Waals surface area contributed by atoms with Crippen molar-refractivity contribution >= 4 is 11.9 Å². The van der Waals surface area contributed by atoms with Crippen LogP contribution in [0.15, 0.2) is 0 Å². The maximum atomic E-state index is 10.6. The third-order valence-corrected chi connectivity index (χ3v) is 2.82. The fourth-order valence-electron chi connectivity index (χ4n) is 2.28. The molecule has 2 bridgehead atoms. The van der Waals surface area contributed by atoms with Gasteiger partial charge >= 0.3 is 59.1 Å². The molecule has 2 heterocycles. The summed E-state index contributed by atoms with van der Waals surface area (Å²) in [6.45, 7) is 0. The van der Waals surface area contributed by atoms with Crippen molar-refractivity contribution in [1.29, 1.82) is 0 Å².